The first-order valence-corrected chi connectivity index (χ1v) is 37.9. The molecule has 0 N–H and O–H groups in total. The third-order valence-electron chi connectivity index (χ3n) is 21.7. The molecular weight excluding hydrogens is 1360 g/mol. The Morgan fingerprint density at radius 2 is 0.366 bits per heavy atom. The van der Waals surface area contributed by atoms with E-state index >= 15 is 0 Å². The van der Waals surface area contributed by atoms with Gasteiger partial charge < -0.3 is 18.3 Å². The Morgan fingerprint density at radius 1 is 0.134 bits per heavy atom. The van der Waals surface area contributed by atoms with Crippen LogP contribution in [-0.4, -0.2) is 43.2 Å². The molecule has 0 aliphatic heterocycles. The molecule has 9 nitrogen and oxygen atoms in total. The summed E-state index contributed by atoms with van der Waals surface area (Å²) in [5.74, 6) is 2.62. The summed E-state index contributed by atoms with van der Waals surface area (Å²) in [5, 5.41) is 9.81. The van der Waals surface area contributed by atoms with Crippen LogP contribution in [0, 0.1) is 0 Å². The lowest BCUT2D eigenvalue weighted by Gasteiger charge is -2.12. The molecule has 16 aromatic carbocycles. The van der Waals surface area contributed by atoms with Gasteiger partial charge in [-0.3, -0.25) is 0 Å². The molecular formula is C103H67N9. The summed E-state index contributed by atoms with van der Waals surface area (Å²) in [6.45, 7) is 0. The van der Waals surface area contributed by atoms with Crippen LogP contribution in [0.5, 0.6) is 0 Å². The van der Waals surface area contributed by atoms with Crippen LogP contribution in [-0.2, 0) is 0 Å². The van der Waals surface area contributed by atoms with Crippen molar-refractivity contribution in [3.05, 3.63) is 406 Å². The van der Waals surface area contributed by atoms with E-state index in [1.807, 2.05) is 72.8 Å². The molecule has 0 saturated carbocycles. The van der Waals surface area contributed by atoms with Gasteiger partial charge in [0.25, 0.3) is 0 Å². The van der Waals surface area contributed by atoms with E-state index in [0.717, 1.165) is 89.6 Å². The van der Waals surface area contributed by atoms with Crippen molar-refractivity contribution in [3.8, 4) is 113 Å². The highest BCUT2D eigenvalue weighted by Crippen LogP contribution is 2.43. The summed E-state index contributed by atoms with van der Waals surface area (Å²) in [4.78, 5) is 25.2. The summed E-state index contributed by atoms with van der Waals surface area (Å²) in [6.07, 6.45) is 0. The van der Waals surface area contributed by atoms with Gasteiger partial charge in [0.1, 0.15) is 0 Å². The highest BCUT2D eigenvalue weighted by Gasteiger charge is 2.22. The van der Waals surface area contributed by atoms with Crippen LogP contribution in [0.25, 0.3) is 200 Å². The number of rotatable bonds is 12. The Bertz CT molecular complexity index is 6790. The van der Waals surface area contributed by atoms with Crippen molar-refractivity contribution in [2.75, 3.05) is 0 Å². The largest absolute Gasteiger partial charge is 0.309 e. The minimum atomic E-state index is 0.631. The molecule has 0 fully saturated rings. The number of fused-ring (bicyclic) bond motifs is 12. The van der Waals surface area contributed by atoms with E-state index in [1.165, 1.54) is 87.4 Å². The topological polar surface area (TPSA) is 84.2 Å². The van der Waals surface area contributed by atoms with E-state index in [-0.39, 0.29) is 0 Å². The first-order valence-electron chi connectivity index (χ1n) is 37.9. The van der Waals surface area contributed by atoms with Crippen LogP contribution in [0.15, 0.2) is 406 Å². The molecule has 0 bridgehead atoms. The van der Waals surface area contributed by atoms with Crippen LogP contribution in [0.3, 0.4) is 0 Å². The highest BCUT2D eigenvalue weighted by molar-refractivity contribution is 6.15. The Kier molecular flexibility index (Phi) is 16.0. The maximum atomic E-state index is 5.13. The number of nitrogens with zero attached hydrogens (tertiary/aromatic N) is 9. The fourth-order valence-electron chi connectivity index (χ4n) is 16.5. The highest BCUT2D eigenvalue weighted by atomic mass is 15.0. The molecule has 9 heteroatoms. The fourth-order valence-corrected chi connectivity index (χ4v) is 16.5. The van der Waals surface area contributed by atoms with Crippen molar-refractivity contribution in [2.45, 2.75) is 0 Å². The van der Waals surface area contributed by atoms with Crippen LogP contribution >= 0.6 is 0 Å². The predicted molar refractivity (Wildman–Crippen MR) is 463 cm³/mol. The smallest absolute Gasteiger partial charge is 0.164 e. The van der Waals surface area contributed by atoms with E-state index in [2.05, 4.69) is 352 Å². The molecule has 0 saturated heterocycles. The second-order valence-corrected chi connectivity index (χ2v) is 28.3. The zero-order valence-electron chi connectivity index (χ0n) is 60.7. The average molecular weight is 1430 g/mol. The van der Waals surface area contributed by atoms with Crippen molar-refractivity contribution in [3.63, 3.8) is 0 Å². The van der Waals surface area contributed by atoms with E-state index < -0.39 is 0 Å². The van der Waals surface area contributed by atoms with Gasteiger partial charge in [-0.2, -0.15) is 0 Å². The SMILES string of the molecule is c1ccc(-c2cc(-c3ccccc3)nc(-c3cccc(-n4c5ccccc5c5cc(-c6ccc7c(c6)c6ccccc6n7-c6ccccc6)ccc54)c3)n2)cc1.c1ccc(-c2nc(-c3ccccc3)nc(-c3cccc(-n4c5ccccc5c5cc(-c6ccc7c(c6)c6ccccc6n7-c6ccccc6)ccc54)c3)n2)cc1. The summed E-state index contributed by atoms with van der Waals surface area (Å²) in [6, 6.07) is 144. The monoisotopic (exact) mass is 1430 g/mol. The maximum absolute atomic E-state index is 5.13. The van der Waals surface area contributed by atoms with E-state index in [9.17, 15) is 0 Å². The van der Waals surface area contributed by atoms with Gasteiger partial charge in [0.05, 0.1) is 55.5 Å². The van der Waals surface area contributed by atoms with Gasteiger partial charge >= 0.3 is 0 Å². The first-order chi connectivity index (χ1) is 55.5. The molecule has 0 amide bonds. The zero-order chi connectivity index (χ0) is 74.0. The van der Waals surface area contributed by atoms with Gasteiger partial charge in [0.2, 0.25) is 0 Å². The Morgan fingerprint density at radius 3 is 0.688 bits per heavy atom. The van der Waals surface area contributed by atoms with E-state index in [4.69, 9.17) is 24.9 Å². The standard InChI is InChI=1S/C52H34N4.C51H33N5/c1-4-15-35(16-5-1)46-34-47(36-17-6-2-7-18-36)54-52(53-46)39-19-14-22-41(31-39)56-49-26-13-11-24-43(49)45-33-38(28-30-51(45)56)37-27-29-50-44(32-37)42-23-10-12-25-48(42)55(50)40-20-8-3-9-21-40;1-4-15-34(16-5-1)49-52-50(35-17-6-2-7-18-35)54-51(53-49)38-19-14-22-40(31-38)56-46-26-13-11-24-42(46)44-33-37(28-30-48(44)56)36-27-29-47-43(32-36)41-23-10-12-25-45(41)55(47)39-20-8-3-9-21-39/h1-34H;1-33H. The minimum Gasteiger partial charge on any atom is -0.309 e. The van der Waals surface area contributed by atoms with Crippen molar-refractivity contribution in [1.82, 2.24) is 43.2 Å². The second-order valence-electron chi connectivity index (χ2n) is 28.3. The molecule has 0 aliphatic carbocycles. The van der Waals surface area contributed by atoms with Crippen molar-refractivity contribution < 1.29 is 0 Å². The molecule has 0 aliphatic rings. The lowest BCUT2D eigenvalue weighted by molar-refractivity contribution is 1.07. The molecule has 524 valence electrons. The van der Waals surface area contributed by atoms with Gasteiger partial charge in [0, 0.05) is 99.2 Å². The number of para-hydroxylation sites is 6. The van der Waals surface area contributed by atoms with Crippen molar-refractivity contribution in [1.29, 1.82) is 0 Å². The van der Waals surface area contributed by atoms with Crippen molar-refractivity contribution in [2.24, 2.45) is 0 Å². The molecule has 22 rings (SSSR count). The second kappa shape index (κ2) is 27.5. The zero-order valence-corrected chi connectivity index (χ0v) is 60.7. The number of aromatic nitrogens is 9. The average Bonchev–Trinajstić information content (AvgIpc) is 1.59. The minimum absolute atomic E-state index is 0.631. The van der Waals surface area contributed by atoms with E-state index in [1.54, 1.807) is 0 Å². The number of benzene rings is 16. The van der Waals surface area contributed by atoms with Gasteiger partial charge in [-0.25, -0.2) is 24.9 Å². The molecule has 0 radical (unpaired) electrons. The van der Waals surface area contributed by atoms with Gasteiger partial charge in [-0.1, -0.05) is 279 Å². The third kappa shape index (κ3) is 11.5. The van der Waals surface area contributed by atoms with Crippen LogP contribution in [0.4, 0.5) is 0 Å². The summed E-state index contributed by atoms with van der Waals surface area (Å²) >= 11 is 0. The molecule has 0 spiro atoms. The third-order valence-corrected chi connectivity index (χ3v) is 21.7. The molecule has 6 heterocycles. The van der Waals surface area contributed by atoms with Gasteiger partial charge in [-0.15, -0.1) is 0 Å². The maximum Gasteiger partial charge on any atom is 0.164 e. The molecule has 22 aromatic rings. The van der Waals surface area contributed by atoms with Crippen molar-refractivity contribution >= 4 is 87.2 Å². The first kappa shape index (κ1) is 65.1. The summed E-state index contributed by atoms with van der Waals surface area (Å²) in [7, 11) is 0. The fraction of sp³-hybridized carbons (Fsp3) is 0. The quantitative estimate of drug-likeness (QED) is 0.122. The lowest BCUT2D eigenvalue weighted by atomic mass is 10.0. The van der Waals surface area contributed by atoms with Crippen LogP contribution in [0.2, 0.25) is 0 Å². The normalized spacial score (nSPS) is 11.6. The van der Waals surface area contributed by atoms with Gasteiger partial charge in [0.15, 0.2) is 23.3 Å². The molecule has 6 aromatic heterocycles. The Labute approximate surface area is 645 Å². The predicted octanol–water partition coefficient (Wildman–Crippen LogP) is 26.1. The number of hydrogen-bond acceptors (Lipinski definition) is 5. The molecule has 112 heavy (non-hydrogen) atoms. The Hall–Kier alpha value is -15.2. The molecule has 0 unspecified atom stereocenters. The van der Waals surface area contributed by atoms with Crippen LogP contribution in [0.1, 0.15) is 0 Å². The Balaban J connectivity index is 0.000000141. The van der Waals surface area contributed by atoms with E-state index in [0.29, 0.717) is 23.3 Å². The van der Waals surface area contributed by atoms with Gasteiger partial charge in [-0.05, 0) is 150 Å². The number of hydrogen-bond donors (Lipinski definition) is 0. The van der Waals surface area contributed by atoms with Crippen LogP contribution < -0.4 is 0 Å². The lowest BCUT2D eigenvalue weighted by Crippen LogP contribution is -2.01. The summed E-state index contributed by atoms with van der Waals surface area (Å²) in [5.41, 5.74) is 26.3. The molecule has 0 atom stereocenters. The summed E-state index contributed by atoms with van der Waals surface area (Å²) < 4.78 is 9.45.